The van der Waals surface area contributed by atoms with Gasteiger partial charge in [-0.25, -0.2) is 24.2 Å². The van der Waals surface area contributed by atoms with Gasteiger partial charge in [-0.2, -0.15) is 0 Å². The molecule has 158 valence electrons. The first-order chi connectivity index (χ1) is 13.3. The van der Waals surface area contributed by atoms with Crippen molar-refractivity contribution in [3.05, 3.63) is 0 Å². The van der Waals surface area contributed by atoms with Gasteiger partial charge in [-0.15, -0.1) is 0 Å². The Morgan fingerprint density at radius 2 is 1.11 bits per heavy atom. The molecule has 0 spiro atoms. The van der Waals surface area contributed by atoms with Crippen LogP contribution < -0.4 is 0 Å². The first-order valence-electron chi connectivity index (χ1n) is 9.89. The second-order valence-corrected chi connectivity index (χ2v) is 6.52. The number of unbranched alkanes of at least 4 members (excludes halogenated alkanes) is 2. The minimum Gasteiger partial charge on any atom is -0.464 e. The molecular weight excluding hydrogens is 368 g/mol. The molecule has 1 aliphatic rings. The molecule has 4 amide bonds. The lowest BCUT2D eigenvalue weighted by Crippen LogP contribution is -2.49. The predicted molar refractivity (Wildman–Crippen MR) is 99.0 cm³/mol. The number of urea groups is 1. The Morgan fingerprint density at radius 1 is 0.750 bits per heavy atom. The molecule has 1 aliphatic heterocycles. The van der Waals surface area contributed by atoms with E-state index in [1.165, 1.54) is 0 Å². The van der Waals surface area contributed by atoms with Gasteiger partial charge in [-0.05, 0) is 25.7 Å². The standard InChI is InChI=1S/C19H30N2O7/c1-5-9-11-27-17(24)13(7-3)20-15(22)16(23)21(19(20)26)14(8-4)18(25)28-12-10-6-2/h13-14H,5-12H2,1-4H3. The van der Waals surface area contributed by atoms with Gasteiger partial charge in [-0.3, -0.25) is 9.59 Å². The van der Waals surface area contributed by atoms with Gasteiger partial charge in [0.2, 0.25) is 0 Å². The Kier molecular flexibility index (Phi) is 9.61. The fraction of sp³-hybridized carbons (Fsp3) is 0.737. The smallest absolute Gasteiger partial charge is 0.335 e. The molecule has 2 atom stereocenters. The Hall–Kier alpha value is -2.45. The zero-order valence-corrected chi connectivity index (χ0v) is 17.1. The summed E-state index contributed by atoms with van der Waals surface area (Å²) in [5.74, 6) is -3.76. The third kappa shape index (κ3) is 5.30. The molecule has 1 heterocycles. The summed E-state index contributed by atoms with van der Waals surface area (Å²) in [6.07, 6.45) is 3.13. The van der Waals surface area contributed by atoms with Crippen LogP contribution >= 0.6 is 0 Å². The Balaban J connectivity index is 2.99. The monoisotopic (exact) mass is 398 g/mol. The van der Waals surface area contributed by atoms with Crippen molar-refractivity contribution in [2.45, 2.75) is 78.3 Å². The van der Waals surface area contributed by atoms with Crippen molar-refractivity contribution in [3.8, 4) is 0 Å². The topological polar surface area (TPSA) is 110 Å². The summed E-state index contributed by atoms with van der Waals surface area (Å²) in [4.78, 5) is 63.4. The van der Waals surface area contributed by atoms with Gasteiger partial charge in [0, 0.05) is 0 Å². The van der Waals surface area contributed by atoms with Crippen molar-refractivity contribution >= 4 is 29.8 Å². The summed E-state index contributed by atoms with van der Waals surface area (Å²) in [5, 5.41) is 0. The van der Waals surface area contributed by atoms with Crippen LogP contribution in [0.5, 0.6) is 0 Å². The second kappa shape index (κ2) is 11.4. The van der Waals surface area contributed by atoms with E-state index in [1.807, 2.05) is 13.8 Å². The molecule has 1 rings (SSSR count). The van der Waals surface area contributed by atoms with Crippen LogP contribution in [0.25, 0.3) is 0 Å². The van der Waals surface area contributed by atoms with E-state index in [-0.39, 0.29) is 26.1 Å². The fourth-order valence-electron chi connectivity index (χ4n) is 2.78. The van der Waals surface area contributed by atoms with Crippen LogP contribution in [0.2, 0.25) is 0 Å². The number of nitrogens with zero attached hydrogens (tertiary/aromatic N) is 2. The minimum absolute atomic E-state index is 0.0985. The number of amides is 4. The van der Waals surface area contributed by atoms with Gasteiger partial charge >= 0.3 is 29.8 Å². The number of hydrogen-bond donors (Lipinski definition) is 0. The van der Waals surface area contributed by atoms with Crippen LogP contribution in [-0.2, 0) is 28.7 Å². The number of esters is 2. The van der Waals surface area contributed by atoms with Crippen molar-refractivity contribution in [3.63, 3.8) is 0 Å². The molecule has 1 saturated heterocycles. The van der Waals surface area contributed by atoms with E-state index in [0.29, 0.717) is 22.6 Å². The highest BCUT2D eigenvalue weighted by Gasteiger charge is 2.53. The Bertz CT molecular complexity index is 555. The molecule has 0 aromatic heterocycles. The average molecular weight is 398 g/mol. The lowest BCUT2D eigenvalue weighted by atomic mass is 10.2. The summed E-state index contributed by atoms with van der Waals surface area (Å²) in [5.41, 5.74) is 0. The molecule has 1 fully saturated rings. The molecular formula is C19H30N2O7. The van der Waals surface area contributed by atoms with Crippen LogP contribution in [0.15, 0.2) is 0 Å². The molecule has 2 unspecified atom stereocenters. The zero-order valence-electron chi connectivity index (χ0n) is 17.1. The van der Waals surface area contributed by atoms with Gasteiger partial charge in [0.05, 0.1) is 13.2 Å². The SMILES string of the molecule is CCCCOC(=O)C(CC)N1C(=O)C(=O)N(C(CC)C(=O)OCCCC)C1=O. The molecule has 9 heteroatoms. The normalized spacial score (nSPS) is 16.4. The maximum Gasteiger partial charge on any atom is 0.335 e. The van der Waals surface area contributed by atoms with Gasteiger partial charge in [0.1, 0.15) is 12.1 Å². The van der Waals surface area contributed by atoms with E-state index in [9.17, 15) is 24.0 Å². The van der Waals surface area contributed by atoms with E-state index in [0.717, 1.165) is 12.8 Å². The van der Waals surface area contributed by atoms with Crippen molar-refractivity contribution in [1.29, 1.82) is 0 Å². The number of imide groups is 2. The summed E-state index contributed by atoms with van der Waals surface area (Å²) in [6, 6.07) is -3.41. The summed E-state index contributed by atoms with van der Waals surface area (Å²) < 4.78 is 10.2. The summed E-state index contributed by atoms with van der Waals surface area (Å²) in [6.45, 7) is 7.41. The van der Waals surface area contributed by atoms with Crippen LogP contribution in [0.4, 0.5) is 4.79 Å². The van der Waals surface area contributed by atoms with Gasteiger partial charge in [0.25, 0.3) is 0 Å². The average Bonchev–Trinajstić information content (AvgIpc) is 2.88. The van der Waals surface area contributed by atoms with E-state index >= 15 is 0 Å². The van der Waals surface area contributed by atoms with Crippen molar-refractivity contribution in [2.24, 2.45) is 0 Å². The van der Waals surface area contributed by atoms with Crippen molar-refractivity contribution in [1.82, 2.24) is 9.80 Å². The molecule has 0 saturated carbocycles. The molecule has 0 aliphatic carbocycles. The van der Waals surface area contributed by atoms with Gasteiger partial charge < -0.3 is 9.47 Å². The molecule has 0 aromatic carbocycles. The van der Waals surface area contributed by atoms with Crippen LogP contribution in [0, 0.1) is 0 Å². The van der Waals surface area contributed by atoms with Gasteiger partial charge in [-0.1, -0.05) is 40.5 Å². The number of ether oxygens (including phenoxy) is 2. The third-order valence-corrected chi connectivity index (χ3v) is 4.46. The number of carbonyl (C=O) groups is 5. The van der Waals surface area contributed by atoms with Crippen molar-refractivity contribution < 1.29 is 33.4 Å². The summed E-state index contributed by atoms with van der Waals surface area (Å²) in [7, 11) is 0. The van der Waals surface area contributed by atoms with E-state index < -0.39 is 41.9 Å². The fourth-order valence-corrected chi connectivity index (χ4v) is 2.78. The minimum atomic E-state index is -1.21. The lowest BCUT2D eigenvalue weighted by molar-refractivity contribution is -0.155. The Labute approximate surface area is 165 Å². The zero-order chi connectivity index (χ0) is 21.3. The first-order valence-corrected chi connectivity index (χ1v) is 9.89. The lowest BCUT2D eigenvalue weighted by Gasteiger charge is -2.25. The highest BCUT2D eigenvalue weighted by molar-refractivity contribution is 6.45. The maximum atomic E-state index is 12.8. The summed E-state index contributed by atoms with van der Waals surface area (Å²) >= 11 is 0. The van der Waals surface area contributed by atoms with E-state index in [1.54, 1.807) is 13.8 Å². The van der Waals surface area contributed by atoms with Crippen LogP contribution in [-0.4, -0.2) is 64.9 Å². The van der Waals surface area contributed by atoms with E-state index in [4.69, 9.17) is 9.47 Å². The Morgan fingerprint density at radius 3 is 1.39 bits per heavy atom. The van der Waals surface area contributed by atoms with Crippen LogP contribution in [0.1, 0.15) is 66.2 Å². The number of hydrogen-bond acceptors (Lipinski definition) is 7. The maximum absolute atomic E-state index is 12.8. The molecule has 9 nitrogen and oxygen atoms in total. The van der Waals surface area contributed by atoms with E-state index in [2.05, 4.69) is 0 Å². The van der Waals surface area contributed by atoms with Crippen molar-refractivity contribution in [2.75, 3.05) is 13.2 Å². The quantitative estimate of drug-likeness (QED) is 0.214. The number of carbonyl (C=O) groups excluding carboxylic acids is 5. The molecule has 28 heavy (non-hydrogen) atoms. The number of rotatable bonds is 12. The molecule has 0 aromatic rings. The first kappa shape index (κ1) is 23.6. The second-order valence-electron chi connectivity index (χ2n) is 6.52. The highest BCUT2D eigenvalue weighted by Crippen LogP contribution is 2.23. The largest absolute Gasteiger partial charge is 0.464 e. The van der Waals surface area contributed by atoms with Crippen LogP contribution in [0.3, 0.4) is 0 Å². The molecule has 0 bridgehead atoms. The van der Waals surface area contributed by atoms with Gasteiger partial charge in [0.15, 0.2) is 0 Å². The molecule has 0 N–H and O–H groups in total. The predicted octanol–water partition coefficient (Wildman–Crippen LogP) is 2.02. The highest BCUT2D eigenvalue weighted by atomic mass is 16.5. The molecule has 0 radical (unpaired) electrons. The third-order valence-electron chi connectivity index (χ3n) is 4.46.